The normalized spacial score (nSPS) is 22.2. The first-order valence-electron chi connectivity index (χ1n) is 7.94. The number of hydrogen-bond donors (Lipinski definition) is 0. The predicted octanol–water partition coefficient (Wildman–Crippen LogP) is 3.12. The molecule has 3 aliphatic rings. The zero-order chi connectivity index (χ0) is 15.0. The maximum absolute atomic E-state index is 12.3. The molecular formula is C17H23NO3. The summed E-state index contributed by atoms with van der Waals surface area (Å²) in [5.41, 5.74) is 2.49. The van der Waals surface area contributed by atoms with Gasteiger partial charge in [-0.3, -0.25) is 4.79 Å². The Morgan fingerprint density at radius 3 is 2.38 bits per heavy atom. The molecule has 1 aliphatic carbocycles. The number of rotatable bonds is 1. The number of carbonyl (C=O) groups excluding carboxylic acids is 1. The number of nitrogens with zero attached hydrogens (tertiary/aromatic N) is 1. The van der Waals surface area contributed by atoms with Crippen LogP contribution in [0.15, 0.2) is 12.1 Å². The minimum atomic E-state index is 0.279. The highest BCUT2D eigenvalue weighted by Gasteiger charge is 2.37. The first kappa shape index (κ1) is 14.2. The van der Waals surface area contributed by atoms with Crippen molar-refractivity contribution in [3.63, 3.8) is 0 Å². The van der Waals surface area contributed by atoms with E-state index in [0.717, 1.165) is 30.8 Å². The molecule has 1 fully saturated rings. The average molecular weight is 289 g/mol. The number of amides is 1. The zero-order valence-corrected chi connectivity index (χ0v) is 13.0. The molecule has 0 saturated heterocycles. The summed E-state index contributed by atoms with van der Waals surface area (Å²) in [5, 5.41) is 0. The lowest BCUT2D eigenvalue weighted by Crippen LogP contribution is -2.43. The molecule has 0 radical (unpaired) electrons. The largest absolute Gasteiger partial charge is 0.454 e. The van der Waals surface area contributed by atoms with Gasteiger partial charge in [0.2, 0.25) is 12.7 Å². The van der Waals surface area contributed by atoms with Crippen molar-refractivity contribution >= 4 is 5.91 Å². The molecule has 0 N–H and O–H groups in total. The van der Waals surface area contributed by atoms with Gasteiger partial charge in [-0.05, 0) is 49.4 Å². The third-order valence-corrected chi connectivity index (χ3v) is 4.29. The molecule has 0 unspecified atom stereocenters. The Morgan fingerprint density at radius 2 is 1.76 bits per heavy atom. The van der Waals surface area contributed by atoms with Crippen molar-refractivity contribution in [1.29, 1.82) is 0 Å². The van der Waals surface area contributed by atoms with Crippen LogP contribution in [0.4, 0.5) is 0 Å². The number of benzene rings is 1. The van der Waals surface area contributed by atoms with Crippen LogP contribution in [0.5, 0.6) is 11.5 Å². The summed E-state index contributed by atoms with van der Waals surface area (Å²) in [6.45, 7) is 7.15. The molecule has 1 atom stereocenters. The topological polar surface area (TPSA) is 38.8 Å². The second-order valence-electron chi connectivity index (χ2n) is 5.77. The van der Waals surface area contributed by atoms with Crippen LogP contribution in [0.3, 0.4) is 0 Å². The van der Waals surface area contributed by atoms with Crippen LogP contribution in [-0.4, -0.2) is 23.6 Å². The lowest BCUT2D eigenvalue weighted by Gasteiger charge is -2.35. The van der Waals surface area contributed by atoms with Crippen LogP contribution in [0.25, 0.3) is 0 Å². The monoisotopic (exact) mass is 289 g/mol. The van der Waals surface area contributed by atoms with E-state index >= 15 is 0 Å². The summed E-state index contributed by atoms with van der Waals surface area (Å²) < 4.78 is 10.8. The first-order valence-corrected chi connectivity index (χ1v) is 7.94. The van der Waals surface area contributed by atoms with Crippen LogP contribution >= 0.6 is 0 Å². The highest BCUT2D eigenvalue weighted by molar-refractivity contribution is 5.81. The van der Waals surface area contributed by atoms with Gasteiger partial charge < -0.3 is 14.4 Å². The SMILES string of the molecule is CC.C[C@@H]1Cc2cc3c(cc2CN1C(=O)C1CC1)OCO3. The van der Waals surface area contributed by atoms with E-state index in [1.807, 2.05) is 24.8 Å². The van der Waals surface area contributed by atoms with Crippen LogP contribution in [0.1, 0.15) is 44.7 Å². The molecular weight excluding hydrogens is 266 g/mol. The minimum absolute atomic E-state index is 0.279. The Morgan fingerprint density at radius 1 is 1.14 bits per heavy atom. The summed E-state index contributed by atoms with van der Waals surface area (Å²) in [4.78, 5) is 14.3. The summed E-state index contributed by atoms with van der Waals surface area (Å²) in [7, 11) is 0. The van der Waals surface area contributed by atoms with Crippen LogP contribution < -0.4 is 9.47 Å². The van der Waals surface area contributed by atoms with Gasteiger partial charge in [0.25, 0.3) is 0 Å². The van der Waals surface area contributed by atoms with E-state index in [1.54, 1.807) is 0 Å². The third kappa shape index (κ3) is 2.59. The molecule has 4 rings (SSSR count). The Labute approximate surface area is 126 Å². The fourth-order valence-electron chi connectivity index (χ4n) is 2.99. The number of ether oxygens (including phenoxy) is 2. The molecule has 4 heteroatoms. The van der Waals surface area contributed by atoms with Crippen molar-refractivity contribution in [3.8, 4) is 11.5 Å². The Balaban J connectivity index is 0.000000636. The minimum Gasteiger partial charge on any atom is -0.454 e. The Kier molecular flexibility index (Phi) is 3.79. The summed E-state index contributed by atoms with van der Waals surface area (Å²) in [6, 6.07) is 4.39. The van der Waals surface area contributed by atoms with E-state index in [-0.39, 0.29) is 12.0 Å². The van der Waals surface area contributed by atoms with Crippen molar-refractivity contribution < 1.29 is 14.3 Å². The van der Waals surface area contributed by atoms with Gasteiger partial charge in [-0.25, -0.2) is 0 Å². The van der Waals surface area contributed by atoms with E-state index in [4.69, 9.17) is 9.47 Å². The van der Waals surface area contributed by atoms with Gasteiger partial charge in [0.15, 0.2) is 11.5 Å². The molecule has 1 aromatic rings. The van der Waals surface area contributed by atoms with Crippen molar-refractivity contribution in [2.75, 3.05) is 6.79 Å². The van der Waals surface area contributed by atoms with Gasteiger partial charge in [0.05, 0.1) is 0 Å². The molecule has 2 heterocycles. The standard InChI is InChI=1S/C15H17NO3.C2H6/c1-9-4-11-5-13-14(19-8-18-13)6-12(11)7-16(9)15(17)10-2-3-10;1-2/h5-6,9-10H,2-4,7-8H2,1H3;1-2H3/t9-;/m1./s1. The van der Waals surface area contributed by atoms with Gasteiger partial charge >= 0.3 is 0 Å². The lowest BCUT2D eigenvalue weighted by molar-refractivity contribution is -0.135. The second kappa shape index (κ2) is 5.58. The molecule has 1 amide bonds. The zero-order valence-electron chi connectivity index (χ0n) is 13.0. The molecule has 2 aliphatic heterocycles. The number of carbonyl (C=O) groups is 1. The van der Waals surface area contributed by atoms with E-state index in [2.05, 4.69) is 13.0 Å². The Bertz CT molecular complexity index is 551. The average Bonchev–Trinajstić information content (AvgIpc) is 3.25. The second-order valence-corrected chi connectivity index (χ2v) is 5.77. The predicted molar refractivity (Wildman–Crippen MR) is 80.4 cm³/mol. The molecule has 0 bridgehead atoms. The van der Waals surface area contributed by atoms with E-state index in [0.29, 0.717) is 19.2 Å². The summed E-state index contributed by atoms with van der Waals surface area (Å²) in [5.74, 6) is 2.27. The van der Waals surface area contributed by atoms with Crippen molar-refractivity contribution in [2.24, 2.45) is 5.92 Å². The van der Waals surface area contributed by atoms with E-state index in [9.17, 15) is 4.79 Å². The number of hydrogen-bond acceptors (Lipinski definition) is 3. The molecule has 0 spiro atoms. The maximum Gasteiger partial charge on any atom is 0.231 e. The fourth-order valence-corrected chi connectivity index (χ4v) is 2.99. The van der Waals surface area contributed by atoms with Gasteiger partial charge in [0.1, 0.15) is 0 Å². The number of fused-ring (bicyclic) bond motifs is 2. The first-order chi connectivity index (χ1) is 10.2. The van der Waals surface area contributed by atoms with Gasteiger partial charge in [-0.15, -0.1) is 0 Å². The highest BCUT2D eigenvalue weighted by atomic mass is 16.7. The Hall–Kier alpha value is -1.71. The smallest absolute Gasteiger partial charge is 0.231 e. The lowest BCUT2D eigenvalue weighted by atomic mass is 9.94. The fraction of sp³-hybridized carbons (Fsp3) is 0.588. The molecule has 0 aromatic heterocycles. The van der Waals surface area contributed by atoms with E-state index in [1.165, 1.54) is 11.1 Å². The van der Waals surface area contributed by atoms with E-state index < -0.39 is 0 Å². The maximum atomic E-state index is 12.3. The molecule has 1 aromatic carbocycles. The highest BCUT2D eigenvalue weighted by Crippen LogP contribution is 2.39. The van der Waals surface area contributed by atoms with Crippen molar-refractivity contribution in [3.05, 3.63) is 23.3 Å². The van der Waals surface area contributed by atoms with Crippen LogP contribution in [0.2, 0.25) is 0 Å². The van der Waals surface area contributed by atoms with Gasteiger partial charge in [-0.2, -0.15) is 0 Å². The van der Waals surface area contributed by atoms with Crippen molar-refractivity contribution in [2.45, 2.75) is 52.6 Å². The van der Waals surface area contributed by atoms with Gasteiger partial charge in [-0.1, -0.05) is 13.8 Å². The summed E-state index contributed by atoms with van der Waals surface area (Å²) >= 11 is 0. The molecule has 4 nitrogen and oxygen atoms in total. The molecule has 114 valence electrons. The quantitative estimate of drug-likeness (QED) is 0.797. The van der Waals surface area contributed by atoms with Crippen molar-refractivity contribution in [1.82, 2.24) is 4.90 Å². The van der Waals surface area contributed by atoms with Gasteiger partial charge in [0, 0.05) is 18.5 Å². The third-order valence-electron chi connectivity index (χ3n) is 4.29. The van der Waals surface area contributed by atoms with Crippen LogP contribution in [-0.2, 0) is 17.8 Å². The molecule has 21 heavy (non-hydrogen) atoms. The van der Waals surface area contributed by atoms with Crippen LogP contribution in [0, 0.1) is 5.92 Å². The molecule has 1 saturated carbocycles. The summed E-state index contributed by atoms with van der Waals surface area (Å²) in [6.07, 6.45) is 3.04.